The van der Waals surface area contributed by atoms with Crippen molar-refractivity contribution < 1.29 is 18.7 Å². The van der Waals surface area contributed by atoms with Crippen LogP contribution in [0.2, 0.25) is 0 Å². The molecule has 4 rings (SSSR count). The number of hydrogen-bond acceptors (Lipinski definition) is 6. The first-order valence-corrected chi connectivity index (χ1v) is 11.6. The number of amides is 1. The van der Waals surface area contributed by atoms with E-state index in [0.717, 1.165) is 29.7 Å². The molecule has 1 amide bonds. The highest BCUT2D eigenvalue weighted by molar-refractivity contribution is 5.99. The van der Waals surface area contributed by atoms with E-state index in [0.29, 0.717) is 41.2 Å². The summed E-state index contributed by atoms with van der Waals surface area (Å²) in [5.41, 5.74) is 3.46. The molecule has 180 valence electrons. The zero-order chi connectivity index (χ0) is 24.6. The Kier molecular flexibility index (Phi) is 6.66. The van der Waals surface area contributed by atoms with Gasteiger partial charge in [0.15, 0.2) is 16.9 Å². The number of aryl methyl sites for hydroxylation is 2. The maximum absolute atomic E-state index is 13.8. The lowest BCUT2D eigenvalue weighted by atomic mass is 9.97. The highest BCUT2D eigenvalue weighted by atomic mass is 16.5. The van der Waals surface area contributed by atoms with E-state index >= 15 is 0 Å². The molecule has 0 spiro atoms. The van der Waals surface area contributed by atoms with E-state index in [2.05, 4.69) is 4.90 Å². The van der Waals surface area contributed by atoms with Gasteiger partial charge in [0.1, 0.15) is 5.58 Å². The second-order valence-corrected chi connectivity index (χ2v) is 9.01. The standard InChI is InChI=1S/C27H32N2O5/c1-7-33-20-10-9-18(15-22(20)32-6)24-23-25(30)19-13-16(2)17(3)14-21(19)34-26(23)27(31)29(24)12-8-11-28(4)5/h9-10,13-15,24H,7-8,11-12H2,1-6H3/t24-/m0/s1. The summed E-state index contributed by atoms with van der Waals surface area (Å²) in [5.74, 6) is 1.05. The molecule has 1 aromatic heterocycles. The van der Waals surface area contributed by atoms with Crippen molar-refractivity contribution in [3.63, 3.8) is 0 Å². The average molecular weight is 465 g/mol. The predicted molar refractivity (Wildman–Crippen MR) is 132 cm³/mol. The first kappa shape index (κ1) is 23.8. The number of hydrogen-bond donors (Lipinski definition) is 0. The van der Waals surface area contributed by atoms with Gasteiger partial charge in [-0.1, -0.05) is 6.07 Å². The number of rotatable bonds is 8. The SMILES string of the molecule is CCOc1ccc([C@H]2c3c(oc4cc(C)c(C)cc4c3=O)C(=O)N2CCCN(C)C)cc1OC. The van der Waals surface area contributed by atoms with Crippen LogP contribution in [0.15, 0.2) is 39.5 Å². The number of nitrogens with zero attached hydrogens (tertiary/aromatic N) is 2. The number of methoxy groups -OCH3 is 1. The molecule has 2 aromatic carbocycles. The van der Waals surface area contributed by atoms with Crippen LogP contribution in [-0.4, -0.2) is 56.6 Å². The maximum Gasteiger partial charge on any atom is 0.290 e. The summed E-state index contributed by atoms with van der Waals surface area (Å²) in [6.07, 6.45) is 0.767. The summed E-state index contributed by atoms with van der Waals surface area (Å²) >= 11 is 0. The number of carbonyl (C=O) groups is 1. The predicted octanol–water partition coefficient (Wildman–Crippen LogP) is 4.31. The highest BCUT2D eigenvalue weighted by Gasteiger charge is 2.42. The molecule has 1 aliphatic heterocycles. The summed E-state index contributed by atoms with van der Waals surface area (Å²) in [6.45, 7) is 7.66. The van der Waals surface area contributed by atoms with Crippen molar-refractivity contribution in [3.05, 3.63) is 68.6 Å². The molecule has 1 aliphatic rings. The molecule has 7 heteroatoms. The van der Waals surface area contributed by atoms with E-state index in [4.69, 9.17) is 13.9 Å². The fourth-order valence-electron chi connectivity index (χ4n) is 4.54. The Morgan fingerprint density at radius 3 is 2.47 bits per heavy atom. The Morgan fingerprint density at radius 2 is 1.79 bits per heavy atom. The second kappa shape index (κ2) is 9.50. The molecule has 0 saturated carbocycles. The van der Waals surface area contributed by atoms with Gasteiger partial charge in [-0.3, -0.25) is 9.59 Å². The van der Waals surface area contributed by atoms with E-state index in [-0.39, 0.29) is 17.1 Å². The Labute approximate surface area is 199 Å². The Bertz CT molecular complexity index is 1290. The first-order chi connectivity index (χ1) is 16.3. The van der Waals surface area contributed by atoms with Crippen LogP contribution in [0.25, 0.3) is 11.0 Å². The molecule has 0 aliphatic carbocycles. The average Bonchev–Trinajstić information content (AvgIpc) is 3.07. The molecule has 2 heterocycles. The minimum atomic E-state index is -0.559. The molecule has 7 nitrogen and oxygen atoms in total. The molecule has 34 heavy (non-hydrogen) atoms. The minimum absolute atomic E-state index is 0.128. The van der Waals surface area contributed by atoms with Crippen LogP contribution in [0, 0.1) is 13.8 Å². The topological polar surface area (TPSA) is 72.2 Å². The van der Waals surface area contributed by atoms with Gasteiger partial charge in [0, 0.05) is 6.54 Å². The molecule has 0 radical (unpaired) electrons. The van der Waals surface area contributed by atoms with Crippen LogP contribution in [0.4, 0.5) is 0 Å². The maximum atomic E-state index is 13.8. The Hall–Kier alpha value is -3.32. The normalized spacial score (nSPS) is 15.3. The lowest BCUT2D eigenvalue weighted by Gasteiger charge is -2.26. The summed E-state index contributed by atoms with van der Waals surface area (Å²) in [5, 5.41) is 0.493. The largest absolute Gasteiger partial charge is 0.493 e. The fraction of sp³-hybridized carbons (Fsp3) is 0.407. The Balaban J connectivity index is 1.90. The van der Waals surface area contributed by atoms with Crippen molar-refractivity contribution in [2.75, 3.05) is 40.9 Å². The van der Waals surface area contributed by atoms with Gasteiger partial charge in [0.2, 0.25) is 5.76 Å². The zero-order valence-electron chi connectivity index (χ0n) is 20.7. The molecular weight excluding hydrogens is 432 g/mol. The third kappa shape index (κ3) is 4.16. The number of benzene rings is 2. The van der Waals surface area contributed by atoms with Gasteiger partial charge in [-0.15, -0.1) is 0 Å². The lowest BCUT2D eigenvalue weighted by Crippen LogP contribution is -2.32. The van der Waals surface area contributed by atoms with E-state index in [1.807, 2.05) is 65.2 Å². The van der Waals surface area contributed by atoms with Crippen molar-refractivity contribution in [1.29, 1.82) is 0 Å². The van der Waals surface area contributed by atoms with Gasteiger partial charge < -0.3 is 23.7 Å². The summed E-state index contributed by atoms with van der Waals surface area (Å²) in [6, 6.07) is 8.70. The number of ether oxygens (including phenoxy) is 2. The zero-order valence-corrected chi connectivity index (χ0v) is 20.7. The van der Waals surface area contributed by atoms with Crippen molar-refractivity contribution >= 4 is 16.9 Å². The number of fused-ring (bicyclic) bond motifs is 2. The van der Waals surface area contributed by atoms with Gasteiger partial charge in [0.05, 0.1) is 30.7 Å². The molecular formula is C27H32N2O5. The van der Waals surface area contributed by atoms with E-state index < -0.39 is 6.04 Å². The fourth-order valence-corrected chi connectivity index (χ4v) is 4.54. The minimum Gasteiger partial charge on any atom is -0.493 e. The van der Waals surface area contributed by atoms with Crippen LogP contribution < -0.4 is 14.9 Å². The molecule has 0 unspecified atom stereocenters. The monoisotopic (exact) mass is 464 g/mol. The summed E-state index contributed by atoms with van der Waals surface area (Å²) in [7, 11) is 5.58. The third-order valence-corrected chi connectivity index (χ3v) is 6.39. The quantitative estimate of drug-likeness (QED) is 0.495. The smallest absolute Gasteiger partial charge is 0.290 e. The first-order valence-electron chi connectivity index (χ1n) is 11.6. The highest BCUT2D eigenvalue weighted by Crippen LogP contribution is 2.41. The van der Waals surface area contributed by atoms with Gasteiger partial charge >= 0.3 is 0 Å². The van der Waals surface area contributed by atoms with E-state index in [1.165, 1.54) is 0 Å². The van der Waals surface area contributed by atoms with Crippen molar-refractivity contribution in [1.82, 2.24) is 9.80 Å². The lowest BCUT2D eigenvalue weighted by molar-refractivity contribution is 0.0722. The molecule has 3 aromatic rings. The summed E-state index contributed by atoms with van der Waals surface area (Å²) < 4.78 is 17.3. The van der Waals surface area contributed by atoms with Crippen LogP contribution in [0.5, 0.6) is 11.5 Å². The van der Waals surface area contributed by atoms with Gasteiger partial charge in [-0.25, -0.2) is 0 Å². The Morgan fingerprint density at radius 1 is 1.06 bits per heavy atom. The van der Waals surface area contributed by atoms with Crippen molar-refractivity contribution in [2.45, 2.75) is 33.2 Å². The van der Waals surface area contributed by atoms with Crippen LogP contribution in [0.1, 0.15) is 52.2 Å². The van der Waals surface area contributed by atoms with Gasteiger partial charge in [0.25, 0.3) is 5.91 Å². The number of carbonyl (C=O) groups excluding carboxylic acids is 1. The van der Waals surface area contributed by atoms with Crippen LogP contribution in [-0.2, 0) is 0 Å². The molecule has 0 saturated heterocycles. The molecule has 1 atom stereocenters. The summed E-state index contributed by atoms with van der Waals surface area (Å²) in [4.78, 5) is 31.1. The molecule has 0 N–H and O–H groups in total. The van der Waals surface area contributed by atoms with E-state index in [1.54, 1.807) is 12.0 Å². The molecule has 0 bridgehead atoms. The van der Waals surface area contributed by atoms with Gasteiger partial charge in [-0.05, 0) is 88.8 Å². The van der Waals surface area contributed by atoms with Crippen LogP contribution >= 0.6 is 0 Å². The van der Waals surface area contributed by atoms with Crippen molar-refractivity contribution in [3.8, 4) is 11.5 Å². The second-order valence-electron chi connectivity index (χ2n) is 9.01. The van der Waals surface area contributed by atoms with Gasteiger partial charge in [-0.2, -0.15) is 0 Å². The van der Waals surface area contributed by atoms with Crippen molar-refractivity contribution in [2.24, 2.45) is 0 Å². The van der Waals surface area contributed by atoms with E-state index in [9.17, 15) is 9.59 Å². The molecule has 0 fully saturated rings. The van der Waals surface area contributed by atoms with Crippen LogP contribution in [0.3, 0.4) is 0 Å². The third-order valence-electron chi connectivity index (χ3n) is 6.39.